The Bertz CT molecular complexity index is 72.6. The van der Waals surface area contributed by atoms with Gasteiger partial charge in [0.05, 0.1) is 5.91 Å². The second kappa shape index (κ2) is 4.27. The highest BCUT2D eigenvalue weighted by Crippen LogP contribution is 2.34. The van der Waals surface area contributed by atoms with Gasteiger partial charge in [-0.25, -0.2) is 0 Å². The lowest BCUT2D eigenvalue weighted by Gasteiger charge is -2.33. The number of hydrogen-bond donors (Lipinski definition) is 0. The lowest BCUT2D eigenvalue weighted by molar-refractivity contribution is 0.206. The molecule has 0 spiro atoms. The van der Waals surface area contributed by atoms with Gasteiger partial charge in [0.25, 0.3) is 0 Å². The van der Waals surface area contributed by atoms with E-state index in [1.54, 1.807) is 0 Å². The Morgan fingerprint density at radius 3 is 1.20 bits per heavy atom. The van der Waals surface area contributed by atoms with Crippen LogP contribution in [0.25, 0.3) is 0 Å². The van der Waals surface area contributed by atoms with E-state index < -0.39 is 0 Å². The molecule has 0 aliphatic carbocycles. The molecule has 0 aromatic rings. The van der Waals surface area contributed by atoms with E-state index in [2.05, 4.69) is 51.3 Å². The van der Waals surface area contributed by atoms with Gasteiger partial charge in [0.1, 0.15) is 0 Å². The average Bonchev–Trinajstić information content (AvgIpc) is 1.59. The van der Waals surface area contributed by atoms with Crippen LogP contribution < -0.4 is 0 Å². The topological polar surface area (TPSA) is 6.48 Å². The standard InChI is InChI=1S/C7H19N2P/c1-8(2)7(9(3)4)10(5)6/h7H,1-6H3. The van der Waals surface area contributed by atoms with E-state index in [4.69, 9.17) is 0 Å². The van der Waals surface area contributed by atoms with Gasteiger partial charge in [-0.05, 0) is 41.5 Å². The summed E-state index contributed by atoms with van der Waals surface area (Å²) in [5, 5.41) is 0. The predicted molar refractivity (Wildman–Crippen MR) is 49.9 cm³/mol. The predicted octanol–water partition coefficient (Wildman–Crippen LogP) is 1.13. The summed E-state index contributed by atoms with van der Waals surface area (Å²) in [5.74, 6) is 0.620. The molecule has 0 heterocycles. The molecule has 3 heteroatoms. The summed E-state index contributed by atoms with van der Waals surface area (Å²) < 4.78 is 0. The van der Waals surface area contributed by atoms with Crippen molar-refractivity contribution in [2.45, 2.75) is 5.91 Å². The van der Waals surface area contributed by atoms with Gasteiger partial charge in [-0.3, -0.25) is 9.80 Å². The Morgan fingerprint density at radius 1 is 0.900 bits per heavy atom. The second-order valence-electron chi connectivity index (χ2n) is 3.24. The zero-order valence-electron chi connectivity index (χ0n) is 7.92. The SMILES string of the molecule is CN(C)C(N(C)C)P(C)C. The lowest BCUT2D eigenvalue weighted by atomic mass is 10.8. The molecule has 0 saturated heterocycles. The molecular weight excluding hydrogens is 143 g/mol. The fourth-order valence-corrected chi connectivity index (χ4v) is 3.23. The van der Waals surface area contributed by atoms with Crippen LogP contribution in [-0.4, -0.2) is 57.2 Å². The molecule has 0 saturated carbocycles. The fourth-order valence-electron chi connectivity index (χ4n) is 1.39. The summed E-state index contributed by atoms with van der Waals surface area (Å²) in [6, 6.07) is 0. The van der Waals surface area contributed by atoms with Crippen LogP contribution in [0.15, 0.2) is 0 Å². The summed E-state index contributed by atoms with van der Waals surface area (Å²) in [4.78, 5) is 4.54. The highest BCUT2D eigenvalue weighted by molar-refractivity contribution is 7.56. The molecule has 10 heavy (non-hydrogen) atoms. The van der Waals surface area contributed by atoms with Crippen molar-refractivity contribution >= 4 is 7.92 Å². The molecule has 0 rings (SSSR count). The summed E-state index contributed by atoms with van der Waals surface area (Å²) >= 11 is 0. The molecule has 62 valence electrons. The Labute approximate surface area is 65.9 Å². The van der Waals surface area contributed by atoms with E-state index in [0.29, 0.717) is 5.91 Å². The first-order valence-electron chi connectivity index (χ1n) is 3.46. The smallest absolute Gasteiger partial charge is 0.0807 e. The average molecular weight is 162 g/mol. The van der Waals surface area contributed by atoms with Crippen molar-refractivity contribution in [3.63, 3.8) is 0 Å². The number of nitrogens with zero attached hydrogens (tertiary/aromatic N) is 2. The van der Waals surface area contributed by atoms with Gasteiger partial charge in [0.2, 0.25) is 0 Å². The summed E-state index contributed by atoms with van der Waals surface area (Å²) in [7, 11) is 8.64. The maximum absolute atomic E-state index is 2.31. The van der Waals surface area contributed by atoms with Crippen LogP contribution in [0.3, 0.4) is 0 Å². The van der Waals surface area contributed by atoms with Crippen molar-refractivity contribution in [2.24, 2.45) is 0 Å². The van der Waals surface area contributed by atoms with Gasteiger partial charge in [-0.1, -0.05) is 7.92 Å². The van der Waals surface area contributed by atoms with Crippen LogP contribution >= 0.6 is 7.92 Å². The molecule has 0 atom stereocenters. The summed E-state index contributed by atoms with van der Waals surface area (Å²) in [6.45, 7) is 4.61. The van der Waals surface area contributed by atoms with Crippen LogP contribution in [0, 0.1) is 0 Å². The van der Waals surface area contributed by atoms with Crippen molar-refractivity contribution in [1.29, 1.82) is 0 Å². The summed E-state index contributed by atoms with van der Waals surface area (Å²) in [6.07, 6.45) is 0. The maximum Gasteiger partial charge on any atom is 0.0807 e. The van der Waals surface area contributed by atoms with Crippen LogP contribution in [0.2, 0.25) is 0 Å². The molecular formula is C7H19N2P. The minimum absolute atomic E-state index is 0.109. The van der Waals surface area contributed by atoms with Crippen LogP contribution in [0.1, 0.15) is 0 Å². The zero-order valence-corrected chi connectivity index (χ0v) is 8.81. The van der Waals surface area contributed by atoms with E-state index in [-0.39, 0.29) is 7.92 Å². The number of rotatable bonds is 3. The third kappa shape index (κ3) is 2.96. The molecule has 0 fully saturated rings. The fraction of sp³-hybridized carbons (Fsp3) is 1.00. The molecule has 0 aromatic heterocycles. The van der Waals surface area contributed by atoms with Gasteiger partial charge >= 0.3 is 0 Å². The Morgan fingerprint density at radius 2 is 1.20 bits per heavy atom. The molecule has 2 nitrogen and oxygen atoms in total. The van der Waals surface area contributed by atoms with Gasteiger partial charge in [-0.15, -0.1) is 0 Å². The van der Waals surface area contributed by atoms with E-state index in [1.807, 2.05) is 0 Å². The quantitative estimate of drug-likeness (QED) is 0.453. The van der Waals surface area contributed by atoms with Gasteiger partial charge in [-0.2, -0.15) is 0 Å². The van der Waals surface area contributed by atoms with E-state index in [9.17, 15) is 0 Å². The highest BCUT2D eigenvalue weighted by atomic mass is 31.1. The van der Waals surface area contributed by atoms with Crippen LogP contribution in [0.5, 0.6) is 0 Å². The molecule has 0 aromatic carbocycles. The first-order valence-corrected chi connectivity index (χ1v) is 5.76. The van der Waals surface area contributed by atoms with Crippen molar-refractivity contribution in [3.8, 4) is 0 Å². The zero-order chi connectivity index (χ0) is 8.31. The van der Waals surface area contributed by atoms with Gasteiger partial charge in [0.15, 0.2) is 0 Å². The molecule has 0 bridgehead atoms. The minimum atomic E-state index is 0.109. The van der Waals surface area contributed by atoms with Crippen LogP contribution in [0.4, 0.5) is 0 Å². The van der Waals surface area contributed by atoms with Crippen molar-refractivity contribution in [3.05, 3.63) is 0 Å². The van der Waals surface area contributed by atoms with Crippen molar-refractivity contribution in [1.82, 2.24) is 9.80 Å². The van der Waals surface area contributed by atoms with Crippen LogP contribution in [-0.2, 0) is 0 Å². The highest BCUT2D eigenvalue weighted by Gasteiger charge is 2.16. The Hall–Kier alpha value is 0.350. The minimum Gasteiger partial charge on any atom is -0.291 e. The molecule has 0 radical (unpaired) electrons. The van der Waals surface area contributed by atoms with Crippen molar-refractivity contribution < 1.29 is 0 Å². The third-order valence-corrected chi connectivity index (χ3v) is 3.23. The Kier molecular flexibility index (Phi) is 4.42. The first-order chi connectivity index (χ1) is 4.46. The molecule has 0 N–H and O–H groups in total. The third-order valence-electron chi connectivity index (χ3n) is 1.39. The molecule has 0 unspecified atom stereocenters. The largest absolute Gasteiger partial charge is 0.291 e. The second-order valence-corrected chi connectivity index (χ2v) is 5.63. The van der Waals surface area contributed by atoms with Gasteiger partial charge < -0.3 is 0 Å². The van der Waals surface area contributed by atoms with Crippen molar-refractivity contribution in [2.75, 3.05) is 41.5 Å². The maximum atomic E-state index is 2.31. The molecule has 0 amide bonds. The molecule has 0 aliphatic heterocycles. The summed E-state index contributed by atoms with van der Waals surface area (Å²) in [5.41, 5.74) is 0. The van der Waals surface area contributed by atoms with E-state index in [0.717, 1.165) is 0 Å². The first kappa shape index (κ1) is 10.3. The monoisotopic (exact) mass is 162 g/mol. The number of hydrogen-bond acceptors (Lipinski definition) is 2. The van der Waals surface area contributed by atoms with E-state index in [1.165, 1.54) is 0 Å². The molecule has 0 aliphatic rings. The van der Waals surface area contributed by atoms with E-state index >= 15 is 0 Å². The lowest BCUT2D eigenvalue weighted by Crippen LogP contribution is -2.38. The Balaban J connectivity index is 3.98. The van der Waals surface area contributed by atoms with Gasteiger partial charge in [0, 0.05) is 0 Å². The normalized spacial score (nSPS) is 12.6.